The minimum atomic E-state index is -0.193. The second-order valence-electron chi connectivity index (χ2n) is 6.57. The van der Waals surface area contributed by atoms with Gasteiger partial charge < -0.3 is 0 Å². The van der Waals surface area contributed by atoms with Crippen LogP contribution >= 0.6 is 11.8 Å². The standard InChI is InChI=1S/C20H19N5S/c1-14-4-6-15(7-5-14)11-18(12-21)26-20-24-23-19(25(20)17-8-9-17)16-3-2-10-22-13-16/h2-7,10,13,17-18H,8-9,11H2,1H3/t18-/m0/s1. The van der Waals surface area contributed by atoms with Crippen LogP contribution in [-0.2, 0) is 6.42 Å². The normalized spacial score (nSPS) is 14.8. The Kier molecular flexibility index (Phi) is 4.72. The van der Waals surface area contributed by atoms with Crippen molar-refractivity contribution in [3.8, 4) is 17.5 Å². The van der Waals surface area contributed by atoms with Crippen molar-refractivity contribution in [2.45, 2.75) is 42.6 Å². The molecule has 4 rings (SSSR count). The Morgan fingerprint density at radius 2 is 2.04 bits per heavy atom. The summed E-state index contributed by atoms with van der Waals surface area (Å²) < 4.78 is 2.18. The molecule has 0 bridgehead atoms. The third-order valence-electron chi connectivity index (χ3n) is 4.43. The highest BCUT2D eigenvalue weighted by atomic mass is 32.2. The first-order valence-electron chi connectivity index (χ1n) is 8.71. The molecular formula is C20H19N5S. The molecule has 3 aromatic rings. The quantitative estimate of drug-likeness (QED) is 0.615. The van der Waals surface area contributed by atoms with Crippen LogP contribution < -0.4 is 0 Å². The topological polar surface area (TPSA) is 67.4 Å². The van der Waals surface area contributed by atoms with E-state index in [1.54, 1.807) is 6.20 Å². The van der Waals surface area contributed by atoms with Gasteiger partial charge in [-0.25, -0.2) is 0 Å². The molecule has 6 heteroatoms. The van der Waals surface area contributed by atoms with Crippen LogP contribution in [0.1, 0.15) is 30.0 Å². The Morgan fingerprint density at radius 1 is 1.23 bits per heavy atom. The number of nitrogens with zero attached hydrogens (tertiary/aromatic N) is 5. The van der Waals surface area contributed by atoms with Crippen LogP contribution in [-0.4, -0.2) is 25.0 Å². The summed E-state index contributed by atoms with van der Waals surface area (Å²) in [5.41, 5.74) is 3.36. The van der Waals surface area contributed by atoms with E-state index in [0.717, 1.165) is 29.4 Å². The molecule has 0 radical (unpaired) electrons. The molecule has 0 unspecified atom stereocenters. The van der Waals surface area contributed by atoms with Gasteiger partial charge in [-0.1, -0.05) is 41.6 Å². The fourth-order valence-corrected chi connectivity index (χ4v) is 3.91. The van der Waals surface area contributed by atoms with Gasteiger partial charge in [0, 0.05) is 24.0 Å². The predicted molar refractivity (Wildman–Crippen MR) is 102 cm³/mol. The Bertz CT molecular complexity index is 923. The number of hydrogen-bond acceptors (Lipinski definition) is 5. The van der Waals surface area contributed by atoms with Crippen molar-refractivity contribution in [2.24, 2.45) is 0 Å². The fraction of sp³-hybridized carbons (Fsp3) is 0.300. The molecule has 1 saturated carbocycles. The summed E-state index contributed by atoms with van der Waals surface area (Å²) in [4.78, 5) is 4.19. The van der Waals surface area contributed by atoms with Gasteiger partial charge in [0.15, 0.2) is 11.0 Å². The third kappa shape index (κ3) is 3.63. The van der Waals surface area contributed by atoms with Gasteiger partial charge in [-0.05, 0) is 43.9 Å². The average Bonchev–Trinajstić information content (AvgIpc) is 3.43. The van der Waals surface area contributed by atoms with Crippen LogP contribution in [0, 0.1) is 18.3 Å². The van der Waals surface area contributed by atoms with Crippen LogP contribution in [0.15, 0.2) is 53.9 Å². The van der Waals surface area contributed by atoms with Gasteiger partial charge in [0.25, 0.3) is 0 Å². The molecular weight excluding hydrogens is 342 g/mol. The molecule has 1 aliphatic rings. The first kappa shape index (κ1) is 16.8. The maximum Gasteiger partial charge on any atom is 0.193 e. The third-order valence-corrected chi connectivity index (χ3v) is 5.48. The molecule has 0 N–H and O–H groups in total. The van der Waals surface area contributed by atoms with E-state index in [1.165, 1.54) is 22.9 Å². The zero-order chi connectivity index (χ0) is 17.9. The van der Waals surface area contributed by atoms with Crippen LogP contribution in [0.3, 0.4) is 0 Å². The lowest BCUT2D eigenvalue weighted by atomic mass is 10.1. The largest absolute Gasteiger partial charge is 0.299 e. The molecule has 0 spiro atoms. The molecule has 1 aliphatic carbocycles. The summed E-state index contributed by atoms with van der Waals surface area (Å²) in [5.74, 6) is 0.843. The van der Waals surface area contributed by atoms with Crippen LogP contribution in [0.4, 0.5) is 0 Å². The number of pyridine rings is 1. The van der Waals surface area contributed by atoms with Gasteiger partial charge in [0.05, 0.1) is 6.07 Å². The second-order valence-corrected chi connectivity index (χ2v) is 7.74. The summed E-state index contributed by atoms with van der Waals surface area (Å²) in [6, 6.07) is 15.1. The number of rotatable bonds is 6. The van der Waals surface area contributed by atoms with Crippen molar-refractivity contribution in [2.75, 3.05) is 0 Å². The van der Waals surface area contributed by atoms with Crippen molar-refractivity contribution < 1.29 is 0 Å². The monoisotopic (exact) mass is 361 g/mol. The minimum absolute atomic E-state index is 0.193. The maximum absolute atomic E-state index is 9.63. The zero-order valence-corrected chi connectivity index (χ0v) is 15.4. The maximum atomic E-state index is 9.63. The molecule has 26 heavy (non-hydrogen) atoms. The molecule has 1 fully saturated rings. The van der Waals surface area contributed by atoms with Crippen molar-refractivity contribution in [3.63, 3.8) is 0 Å². The lowest BCUT2D eigenvalue weighted by Crippen LogP contribution is -2.07. The van der Waals surface area contributed by atoms with E-state index in [0.29, 0.717) is 12.5 Å². The van der Waals surface area contributed by atoms with Crippen molar-refractivity contribution in [3.05, 3.63) is 59.9 Å². The Morgan fingerprint density at radius 3 is 2.69 bits per heavy atom. The minimum Gasteiger partial charge on any atom is -0.299 e. The smallest absolute Gasteiger partial charge is 0.193 e. The SMILES string of the molecule is Cc1ccc(C[C@@H](C#N)Sc2nnc(-c3cccnc3)n2C2CC2)cc1. The molecule has 2 heterocycles. The molecule has 0 saturated heterocycles. The Labute approximate surface area is 157 Å². The Hall–Kier alpha value is -2.65. The van der Waals surface area contributed by atoms with E-state index in [2.05, 4.69) is 57.0 Å². The second kappa shape index (κ2) is 7.30. The predicted octanol–water partition coefficient (Wildman–Crippen LogP) is 4.21. The number of nitriles is 1. The Balaban J connectivity index is 1.58. The highest BCUT2D eigenvalue weighted by molar-refractivity contribution is 8.00. The van der Waals surface area contributed by atoms with Crippen molar-refractivity contribution in [1.82, 2.24) is 19.7 Å². The van der Waals surface area contributed by atoms with Crippen LogP contribution in [0.25, 0.3) is 11.4 Å². The molecule has 0 amide bonds. The first-order chi connectivity index (χ1) is 12.7. The first-order valence-corrected chi connectivity index (χ1v) is 9.59. The van der Waals surface area contributed by atoms with Gasteiger partial charge in [0.2, 0.25) is 0 Å². The van der Waals surface area contributed by atoms with Crippen molar-refractivity contribution >= 4 is 11.8 Å². The van der Waals surface area contributed by atoms with Crippen LogP contribution in [0.2, 0.25) is 0 Å². The van der Waals surface area contributed by atoms with E-state index < -0.39 is 0 Å². The number of hydrogen-bond donors (Lipinski definition) is 0. The molecule has 1 aromatic carbocycles. The summed E-state index contributed by atoms with van der Waals surface area (Å²) >= 11 is 1.51. The molecule has 2 aromatic heterocycles. The summed E-state index contributed by atoms with van der Waals surface area (Å²) in [5, 5.41) is 19.1. The van der Waals surface area contributed by atoms with E-state index >= 15 is 0 Å². The van der Waals surface area contributed by atoms with Gasteiger partial charge in [-0.15, -0.1) is 10.2 Å². The molecule has 130 valence electrons. The van der Waals surface area contributed by atoms with Gasteiger partial charge in [-0.3, -0.25) is 9.55 Å². The van der Waals surface area contributed by atoms with Gasteiger partial charge in [0.1, 0.15) is 5.25 Å². The summed E-state index contributed by atoms with van der Waals surface area (Å²) in [7, 11) is 0. The van der Waals surface area contributed by atoms with E-state index in [9.17, 15) is 5.26 Å². The number of aryl methyl sites for hydroxylation is 1. The number of thioether (sulfide) groups is 1. The van der Waals surface area contributed by atoms with Gasteiger partial charge in [-0.2, -0.15) is 5.26 Å². The molecule has 0 aliphatic heterocycles. The lowest BCUT2D eigenvalue weighted by Gasteiger charge is -2.11. The number of aromatic nitrogens is 4. The van der Waals surface area contributed by atoms with Gasteiger partial charge >= 0.3 is 0 Å². The van der Waals surface area contributed by atoms with E-state index in [1.807, 2.05) is 18.3 Å². The molecule has 1 atom stereocenters. The van der Waals surface area contributed by atoms with E-state index in [4.69, 9.17) is 0 Å². The van der Waals surface area contributed by atoms with Crippen molar-refractivity contribution in [1.29, 1.82) is 5.26 Å². The summed E-state index contributed by atoms with van der Waals surface area (Å²) in [6.07, 6.45) is 6.53. The number of benzene rings is 1. The fourth-order valence-electron chi connectivity index (χ4n) is 2.89. The summed E-state index contributed by atoms with van der Waals surface area (Å²) in [6.45, 7) is 2.07. The molecule has 5 nitrogen and oxygen atoms in total. The van der Waals surface area contributed by atoms with E-state index in [-0.39, 0.29) is 5.25 Å². The highest BCUT2D eigenvalue weighted by Gasteiger charge is 2.31. The highest BCUT2D eigenvalue weighted by Crippen LogP contribution is 2.41. The van der Waals surface area contributed by atoms with Crippen LogP contribution in [0.5, 0.6) is 0 Å². The average molecular weight is 361 g/mol. The zero-order valence-electron chi connectivity index (χ0n) is 14.5. The lowest BCUT2D eigenvalue weighted by molar-refractivity contribution is 0.668.